The van der Waals surface area contributed by atoms with Crippen molar-refractivity contribution in [2.45, 2.75) is 20.8 Å². The van der Waals surface area contributed by atoms with E-state index in [1.54, 1.807) is 0 Å². The number of alkyl halides is 1. The van der Waals surface area contributed by atoms with Gasteiger partial charge in [0.15, 0.2) is 0 Å². The monoisotopic (exact) mass is 303 g/mol. The van der Waals surface area contributed by atoms with Crippen molar-refractivity contribution in [3.63, 3.8) is 0 Å². The van der Waals surface area contributed by atoms with Gasteiger partial charge in [0.25, 0.3) is 0 Å². The van der Waals surface area contributed by atoms with Gasteiger partial charge in [-0.25, -0.2) is 0 Å². The summed E-state index contributed by atoms with van der Waals surface area (Å²) in [6.45, 7) is 5.62. The number of carbonyl (C=O) groups is 1. The zero-order valence-electron chi connectivity index (χ0n) is 9.60. The quantitative estimate of drug-likeness (QED) is 0.841. The summed E-state index contributed by atoms with van der Waals surface area (Å²) in [7, 11) is 0. The molecule has 1 rings (SSSR count). The lowest BCUT2D eigenvalue weighted by Gasteiger charge is -2.20. The molecule has 88 valence electrons. The molecule has 0 bridgehead atoms. The minimum atomic E-state index is -0.553. The van der Waals surface area contributed by atoms with Crippen LogP contribution in [0.3, 0.4) is 0 Å². The fraction of sp³-hybridized carbons (Fsp3) is 0.417. The average molecular weight is 305 g/mol. The third kappa shape index (κ3) is 3.22. The molecule has 0 saturated carbocycles. The van der Waals surface area contributed by atoms with Crippen LogP contribution in [0.2, 0.25) is 0 Å². The van der Waals surface area contributed by atoms with E-state index < -0.39 is 5.41 Å². The van der Waals surface area contributed by atoms with E-state index in [4.69, 9.17) is 11.6 Å². The Morgan fingerprint density at radius 2 is 2.12 bits per heavy atom. The minimum absolute atomic E-state index is 0.0655. The zero-order valence-corrected chi connectivity index (χ0v) is 11.9. The van der Waals surface area contributed by atoms with Crippen molar-refractivity contribution in [3.8, 4) is 0 Å². The Hall–Kier alpha value is -0.540. The highest BCUT2D eigenvalue weighted by molar-refractivity contribution is 9.10. The molecule has 0 atom stereocenters. The molecule has 1 aromatic carbocycles. The number of halogens is 2. The molecule has 0 saturated heterocycles. The topological polar surface area (TPSA) is 29.1 Å². The van der Waals surface area contributed by atoms with E-state index in [-0.39, 0.29) is 5.91 Å². The van der Waals surface area contributed by atoms with Gasteiger partial charge in [0.05, 0.1) is 5.41 Å². The Bertz CT molecular complexity index is 404. The van der Waals surface area contributed by atoms with Gasteiger partial charge in [-0.1, -0.05) is 15.9 Å². The van der Waals surface area contributed by atoms with E-state index in [0.717, 1.165) is 15.7 Å². The summed E-state index contributed by atoms with van der Waals surface area (Å²) in [5.41, 5.74) is 1.33. The van der Waals surface area contributed by atoms with Crippen LogP contribution in [0, 0.1) is 12.3 Å². The molecular formula is C12H15BrClNO. The van der Waals surface area contributed by atoms with Gasteiger partial charge in [0.2, 0.25) is 5.91 Å². The number of anilines is 1. The van der Waals surface area contributed by atoms with Crippen LogP contribution in [-0.2, 0) is 4.79 Å². The van der Waals surface area contributed by atoms with E-state index in [1.807, 2.05) is 39.0 Å². The number of hydrogen-bond acceptors (Lipinski definition) is 1. The van der Waals surface area contributed by atoms with Crippen LogP contribution in [-0.4, -0.2) is 11.8 Å². The standard InChI is InChI=1S/C12H15BrClNO/c1-8-6-9(4-5-10(8)13)15-11(16)12(2,3)7-14/h4-6H,7H2,1-3H3,(H,15,16). The molecule has 1 N–H and O–H groups in total. The van der Waals surface area contributed by atoms with Crippen LogP contribution in [0.25, 0.3) is 0 Å². The van der Waals surface area contributed by atoms with Crippen molar-refractivity contribution in [2.24, 2.45) is 5.41 Å². The number of aryl methyl sites for hydroxylation is 1. The molecule has 0 aromatic heterocycles. The van der Waals surface area contributed by atoms with E-state index in [2.05, 4.69) is 21.2 Å². The Morgan fingerprint density at radius 1 is 1.50 bits per heavy atom. The van der Waals surface area contributed by atoms with Gasteiger partial charge in [-0.15, -0.1) is 11.6 Å². The Balaban J connectivity index is 2.82. The third-order valence-electron chi connectivity index (χ3n) is 2.36. The number of carbonyl (C=O) groups excluding carboxylic acids is 1. The Labute approximate surface area is 110 Å². The summed E-state index contributed by atoms with van der Waals surface area (Å²) >= 11 is 9.16. The van der Waals surface area contributed by atoms with Crippen molar-refractivity contribution < 1.29 is 4.79 Å². The predicted octanol–water partition coefficient (Wildman–Crippen LogP) is 3.96. The zero-order chi connectivity index (χ0) is 12.3. The summed E-state index contributed by atoms with van der Waals surface area (Å²) in [6.07, 6.45) is 0. The third-order valence-corrected chi connectivity index (χ3v) is 3.92. The number of amides is 1. The maximum absolute atomic E-state index is 11.9. The lowest BCUT2D eigenvalue weighted by atomic mass is 9.95. The fourth-order valence-electron chi connectivity index (χ4n) is 1.08. The fourth-order valence-corrected chi connectivity index (χ4v) is 1.45. The second-order valence-corrected chi connectivity index (χ2v) is 5.56. The second kappa shape index (κ2) is 5.19. The van der Waals surface area contributed by atoms with Gasteiger partial charge in [-0.2, -0.15) is 0 Å². The highest BCUT2D eigenvalue weighted by atomic mass is 79.9. The molecule has 0 radical (unpaired) electrons. The van der Waals surface area contributed by atoms with Crippen molar-refractivity contribution >= 4 is 39.1 Å². The minimum Gasteiger partial charge on any atom is -0.326 e. The summed E-state index contributed by atoms with van der Waals surface area (Å²) in [6, 6.07) is 5.70. The molecule has 0 aliphatic carbocycles. The van der Waals surface area contributed by atoms with E-state index in [1.165, 1.54) is 0 Å². The molecule has 1 amide bonds. The average Bonchev–Trinajstić information content (AvgIpc) is 2.23. The molecular weight excluding hydrogens is 289 g/mol. The Kier molecular flexibility index (Phi) is 4.39. The molecule has 1 aromatic rings. The van der Waals surface area contributed by atoms with Gasteiger partial charge >= 0.3 is 0 Å². The maximum atomic E-state index is 11.9. The smallest absolute Gasteiger partial charge is 0.231 e. The second-order valence-electron chi connectivity index (χ2n) is 4.44. The van der Waals surface area contributed by atoms with Crippen LogP contribution >= 0.6 is 27.5 Å². The summed E-state index contributed by atoms with van der Waals surface area (Å²) in [5.74, 6) is 0.234. The molecule has 16 heavy (non-hydrogen) atoms. The first-order chi connectivity index (χ1) is 7.36. The SMILES string of the molecule is Cc1cc(NC(=O)C(C)(C)CCl)ccc1Br. The molecule has 0 aliphatic rings. The van der Waals surface area contributed by atoms with Crippen LogP contribution in [0.15, 0.2) is 22.7 Å². The van der Waals surface area contributed by atoms with E-state index >= 15 is 0 Å². The van der Waals surface area contributed by atoms with Crippen molar-refractivity contribution in [1.82, 2.24) is 0 Å². The highest BCUT2D eigenvalue weighted by Gasteiger charge is 2.26. The highest BCUT2D eigenvalue weighted by Crippen LogP contribution is 2.23. The maximum Gasteiger partial charge on any atom is 0.231 e. The lowest BCUT2D eigenvalue weighted by molar-refractivity contribution is -0.122. The van der Waals surface area contributed by atoms with Crippen LogP contribution < -0.4 is 5.32 Å². The van der Waals surface area contributed by atoms with E-state index in [9.17, 15) is 4.79 Å². The van der Waals surface area contributed by atoms with Gasteiger partial charge in [0, 0.05) is 16.0 Å². The molecule has 2 nitrogen and oxygen atoms in total. The van der Waals surface area contributed by atoms with Crippen molar-refractivity contribution in [3.05, 3.63) is 28.2 Å². The summed E-state index contributed by atoms with van der Waals surface area (Å²) < 4.78 is 1.03. The van der Waals surface area contributed by atoms with Gasteiger partial charge in [-0.3, -0.25) is 4.79 Å². The van der Waals surface area contributed by atoms with Crippen molar-refractivity contribution in [2.75, 3.05) is 11.2 Å². The molecule has 0 unspecified atom stereocenters. The van der Waals surface area contributed by atoms with Gasteiger partial charge in [-0.05, 0) is 44.5 Å². The largest absolute Gasteiger partial charge is 0.326 e. The van der Waals surface area contributed by atoms with E-state index in [0.29, 0.717) is 5.88 Å². The van der Waals surface area contributed by atoms with Crippen molar-refractivity contribution in [1.29, 1.82) is 0 Å². The number of nitrogens with one attached hydrogen (secondary N) is 1. The van der Waals surface area contributed by atoms with Crippen LogP contribution in [0.1, 0.15) is 19.4 Å². The molecule has 0 heterocycles. The number of benzene rings is 1. The summed E-state index contributed by atoms with van der Waals surface area (Å²) in [4.78, 5) is 11.9. The first-order valence-corrected chi connectivity index (χ1v) is 6.33. The molecule has 0 fully saturated rings. The Morgan fingerprint density at radius 3 is 2.62 bits per heavy atom. The lowest BCUT2D eigenvalue weighted by Crippen LogP contribution is -2.32. The van der Waals surface area contributed by atoms with Crippen LogP contribution in [0.5, 0.6) is 0 Å². The van der Waals surface area contributed by atoms with Gasteiger partial charge < -0.3 is 5.32 Å². The predicted molar refractivity (Wildman–Crippen MR) is 72.0 cm³/mol. The number of hydrogen-bond donors (Lipinski definition) is 1. The molecule has 4 heteroatoms. The molecule has 0 spiro atoms. The first kappa shape index (κ1) is 13.5. The van der Waals surface area contributed by atoms with Crippen LogP contribution in [0.4, 0.5) is 5.69 Å². The molecule has 0 aliphatic heterocycles. The van der Waals surface area contributed by atoms with Gasteiger partial charge in [0.1, 0.15) is 0 Å². The number of rotatable bonds is 3. The summed E-state index contributed by atoms with van der Waals surface area (Å²) in [5, 5.41) is 2.86. The normalized spacial score (nSPS) is 11.3. The first-order valence-electron chi connectivity index (χ1n) is 5.00.